The van der Waals surface area contributed by atoms with E-state index in [1.54, 1.807) is 4.90 Å². The van der Waals surface area contributed by atoms with Crippen LogP contribution >= 0.6 is 34.8 Å². The number of hydrogen-bond donors (Lipinski definition) is 1. The fourth-order valence-electron chi connectivity index (χ4n) is 1.69. The van der Waals surface area contributed by atoms with E-state index in [4.69, 9.17) is 39.5 Å². The molecule has 0 atom stereocenters. The maximum atomic E-state index is 11.4. The van der Waals surface area contributed by atoms with E-state index in [9.17, 15) is 9.59 Å². The van der Waals surface area contributed by atoms with Crippen molar-refractivity contribution < 1.29 is 14.3 Å². The Balaban J connectivity index is 2.24. The highest BCUT2D eigenvalue weighted by molar-refractivity contribution is 6.67. The molecule has 8 heteroatoms. The van der Waals surface area contributed by atoms with Gasteiger partial charge in [-0.2, -0.15) is 0 Å². The number of carbonyl (C=O) groups is 2. The van der Waals surface area contributed by atoms with Crippen molar-refractivity contribution in [3.63, 3.8) is 0 Å². The van der Waals surface area contributed by atoms with E-state index in [0.29, 0.717) is 25.9 Å². The number of nitrogens with one attached hydrogen (secondary N) is 1. The minimum atomic E-state index is -1.60. The molecule has 1 saturated heterocycles. The van der Waals surface area contributed by atoms with Crippen LogP contribution in [-0.2, 0) is 9.53 Å². The topological polar surface area (TPSA) is 58.6 Å². The van der Waals surface area contributed by atoms with Crippen LogP contribution in [0.2, 0.25) is 0 Å². The van der Waals surface area contributed by atoms with Gasteiger partial charge in [0.25, 0.3) is 0 Å². The summed E-state index contributed by atoms with van der Waals surface area (Å²) in [6.45, 7) is 2.49. The lowest BCUT2D eigenvalue weighted by atomic mass is 10.1. The molecule has 1 heterocycles. The van der Waals surface area contributed by atoms with Gasteiger partial charge in [-0.05, 0) is 12.8 Å². The second-order valence-electron chi connectivity index (χ2n) is 4.12. The first-order chi connectivity index (χ1) is 8.28. The first kappa shape index (κ1) is 15.7. The molecule has 0 aromatic carbocycles. The second kappa shape index (κ2) is 6.68. The Morgan fingerprint density at radius 2 is 1.89 bits per heavy atom. The minimum absolute atomic E-state index is 0.0107. The Morgan fingerprint density at radius 3 is 2.33 bits per heavy atom. The van der Waals surface area contributed by atoms with Gasteiger partial charge >= 0.3 is 6.09 Å². The third kappa shape index (κ3) is 5.98. The summed E-state index contributed by atoms with van der Waals surface area (Å²) in [5, 5.41) is 2.68. The highest BCUT2D eigenvalue weighted by atomic mass is 35.6. The zero-order valence-corrected chi connectivity index (χ0v) is 12.2. The van der Waals surface area contributed by atoms with E-state index in [-0.39, 0.29) is 18.6 Å². The van der Waals surface area contributed by atoms with Crippen LogP contribution in [0.3, 0.4) is 0 Å². The number of alkyl carbamates (subject to hydrolysis) is 1. The van der Waals surface area contributed by atoms with Crippen molar-refractivity contribution in [2.24, 2.45) is 0 Å². The van der Waals surface area contributed by atoms with Crippen LogP contribution < -0.4 is 5.32 Å². The Hall–Kier alpha value is -0.390. The number of likely N-dealkylation sites (tertiary alicyclic amines) is 1. The molecule has 0 radical (unpaired) electrons. The van der Waals surface area contributed by atoms with Crippen LogP contribution in [0.5, 0.6) is 0 Å². The summed E-state index contributed by atoms with van der Waals surface area (Å²) in [5.41, 5.74) is 0. The van der Waals surface area contributed by atoms with Crippen molar-refractivity contribution in [1.29, 1.82) is 0 Å². The van der Waals surface area contributed by atoms with Crippen LogP contribution in [-0.4, -0.2) is 46.4 Å². The molecule has 1 aliphatic rings. The molecule has 0 saturated carbocycles. The van der Waals surface area contributed by atoms with Gasteiger partial charge in [-0.15, -0.1) is 0 Å². The molecule has 18 heavy (non-hydrogen) atoms. The molecule has 0 aliphatic carbocycles. The first-order valence-electron chi connectivity index (χ1n) is 5.53. The van der Waals surface area contributed by atoms with E-state index in [0.717, 1.165) is 0 Å². The summed E-state index contributed by atoms with van der Waals surface area (Å²) in [4.78, 5) is 24.2. The van der Waals surface area contributed by atoms with Crippen molar-refractivity contribution >= 4 is 46.8 Å². The number of alkyl halides is 3. The lowest BCUT2D eigenvalue weighted by Gasteiger charge is -2.31. The summed E-state index contributed by atoms with van der Waals surface area (Å²) in [6.07, 6.45) is 0.785. The van der Waals surface area contributed by atoms with Crippen molar-refractivity contribution in [2.45, 2.75) is 29.6 Å². The van der Waals surface area contributed by atoms with E-state index in [1.165, 1.54) is 6.92 Å². The zero-order chi connectivity index (χ0) is 13.8. The zero-order valence-electron chi connectivity index (χ0n) is 9.92. The molecule has 1 rings (SSSR count). The Morgan fingerprint density at radius 1 is 1.33 bits per heavy atom. The summed E-state index contributed by atoms with van der Waals surface area (Å²) < 4.78 is 3.16. The molecule has 0 bridgehead atoms. The number of halogens is 3. The number of amides is 2. The molecule has 2 amide bonds. The van der Waals surface area contributed by atoms with Crippen LogP contribution in [0.4, 0.5) is 4.79 Å². The molecule has 1 fully saturated rings. The van der Waals surface area contributed by atoms with Crippen LogP contribution in [0.1, 0.15) is 19.8 Å². The van der Waals surface area contributed by atoms with Gasteiger partial charge in [0.15, 0.2) is 0 Å². The van der Waals surface area contributed by atoms with Crippen molar-refractivity contribution in [2.75, 3.05) is 19.7 Å². The Labute approximate surface area is 121 Å². The summed E-state index contributed by atoms with van der Waals surface area (Å²) >= 11 is 16.4. The standard InChI is InChI=1S/C10H15Cl3N2O3/c1-7(16)15-4-2-8(3-5-15)14-9(17)18-6-10(11,12)13/h8H,2-6H2,1H3,(H,14,17). The lowest BCUT2D eigenvalue weighted by Crippen LogP contribution is -2.46. The monoisotopic (exact) mass is 316 g/mol. The van der Waals surface area contributed by atoms with Gasteiger partial charge in [-0.1, -0.05) is 34.8 Å². The van der Waals surface area contributed by atoms with Crippen molar-refractivity contribution in [3.05, 3.63) is 0 Å². The molecule has 0 unspecified atom stereocenters. The SMILES string of the molecule is CC(=O)N1CCC(NC(=O)OCC(Cl)(Cl)Cl)CC1. The third-order valence-corrected chi connectivity index (χ3v) is 2.96. The Kier molecular flexibility index (Phi) is 5.82. The minimum Gasteiger partial charge on any atom is -0.445 e. The highest BCUT2D eigenvalue weighted by Gasteiger charge is 2.25. The normalized spacial score (nSPS) is 17.4. The largest absolute Gasteiger partial charge is 0.445 e. The van der Waals surface area contributed by atoms with E-state index >= 15 is 0 Å². The van der Waals surface area contributed by atoms with Gasteiger partial charge in [-0.3, -0.25) is 4.79 Å². The van der Waals surface area contributed by atoms with E-state index < -0.39 is 9.89 Å². The lowest BCUT2D eigenvalue weighted by molar-refractivity contribution is -0.129. The number of piperidine rings is 1. The van der Waals surface area contributed by atoms with Crippen LogP contribution in [0.15, 0.2) is 0 Å². The van der Waals surface area contributed by atoms with Gasteiger partial charge in [0.1, 0.15) is 6.61 Å². The molecular formula is C10H15Cl3N2O3. The first-order valence-corrected chi connectivity index (χ1v) is 6.67. The molecular weight excluding hydrogens is 302 g/mol. The molecule has 1 N–H and O–H groups in total. The van der Waals surface area contributed by atoms with Crippen LogP contribution in [0, 0.1) is 0 Å². The number of ether oxygens (including phenoxy) is 1. The number of nitrogens with zero attached hydrogens (tertiary/aromatic N) is 1. The number of rotatable bonds is 2. The predicted octanol–water partition coefficient (Wildman–Crippen LogP) is 2.09. The van der Waals surface area contributed by atoms with Gasteiger partial charge < -0.3 is 15.0 Å². The van der Waals surface area contributed by atoms with Crippen molar-refractivity contribution in [3.8, 4) is 0 Å². The predicted molar refractivity (Wildman–Crippen MR) is 70.0 cm³/mol. The molecule has 1 aliphatic heterocycles. The fraction of sp³-hybridized carbons (Fsp3) is 0.800. The second-order valence-corrected chi connectivity index (χ2v) is 6.63. The third-order valence-electron chi connectivity index (χ3n) is 2.63. The molecule has 0 aromatic rings. The smallest absolute Gasteiger partial charge is 0.407 e. The maximum absolute atomic E-state index is 11.4. The average Bonchev–Trinajstić information content (AvgIpc) is 2.26. The van der Waals surface area contributed by atoms with Gasteiger partial charge in [-0.25, -0.2) is 4.79 Å². The van der Waals surface area contributed by atoms with Crippen molar-refractivity contribution in [1.82, 2.24) is 10.2 Å². The molecule has 5 nitrogen and oxygen atoms in total. The maximum Gasteiger partial charge on any atom is 0.407 e. The van der Waals surface area contributed by atoms with E-state index in [2.05, 4.69) is 5.32 Å². The number of carbonyl (C=O) groups excluding carboxylic acids is 2. The van der Waals surface area contributed by atoms with Crippen LogP contribution in [0.25, 0.3) is 0 Å². The molecule has 104 valence electrons. The fourth-order valence-corrected chi connectivity index (χ4v) is 1.86. The van der Waals surface area contributed by atoms with Gasteiger partial charge in [0.2, 0.25) is 9.70 Å². The molecule has 0 aromatic heterocycles. The average molecular weight is 318 g/mol. The number of hydrogen-bond acceptors (Lipinski definition) is 3. The van der Waals surface area contributed by atoms with E-state index in [1.807, 2.05) is 0 Å². The Bertz CT molecular complexity index is 312. The quantitative estimate of drug-likeness (QED) is 0.793. The summed E-state index contributed by atoms with van der Waals surface area (Å²) in [7, 11) is 0. The molecule has 0 spiro atoms. The van der Waals surface area contributed by atoms with Gasteiger partial charge in [0.05, 0.1) is 0 Å². The summed E-state index contributed by atoms with van der Waals surface area (Å²) in [6, 6.07) is -0.0107. The highest BCUT2D eigenvalue weighted by Crippen LogP contribution is 2.25. The van der Waals surface area contributed by atoms with Gasteiger partial charge in [0, 0.05) is 26.1 Å². The summed E-state index contributed by atoms with van der Waals surface area (Å²) in [5.74, 6) is 0.0484.